The number of allylic oxidation sites excluding steroid dienone is 4. The minimum Gasteiger partial charge on any atom is -0.545 e. The quantitative estimate of drug-likeness (QED) is 0.0195. The molecule has 0 heterocycles. The SMILES string of the molecule is CCCCCCC/C=C\C/C=C\CCCCCCCCCCCCCCCCCC(=O)OC(COC(=O)CCCCCCCCCCCCCCCCCCCCCCCCCCCCC)COC(OCC[N+](C)(C)C)C(=O)[O-]. The summed E-state index contributed by atoms with van der Waals surface area (Å²) in [5, 5.41) is 11.8. The zero-order valence-electron chi connectivity index (χ0n) is 53.3. The van der Waals surface area contributed by atoms with Crippen LogP contribution >= 0.6 is 0 Å². The molecule has 0 rings (SSSR count). The first-order valence-corrected chi connectivity index (χ1v) is 34.5. The Bertz CT molecular complexity index is 1340. The average molecular weight is 1120 g/mol. The van der Waals surface area contributed by atoms with Crippen molar-refractivity contribution in [2.45, 2.75) is 360 Å². The van der Waals surface area contributed by atoms with Gasteiger partial charge in [0, 0.05) is 12.8 Å². The summed E-state index contributed by atoms with van der Waals surface area (Å²) in [5.41, 5.74) is 0. The van der Waals surface area contributed by atoms with Crippen LogP contribution in [0.2, 0.25) is 0 Å². The Morgan fingerprint density at radius 2 is 0.684 bits per heavy atom. The molecule has 466 valence electrons. The van der Waals surface area contributed by atoms with Crippen LogP contribution in [0.15, 0.2) is 24.3 Å². The van der Waals surface area contributed by atoms with Gasteiger partial charge in [0.1, 0.15) is 13.2 Å². The zero-order chi connectivity index (χ0) is 57.6. The second-order valence-corrected chi connectivity index (χ2v) is 24.8. The van der Waals surface area contributed by atoms with E-state index in [-0.39, 0.29) is 32.2 Å². The average Bonchev–Trinajstić information content (AvgIpc) is 3.42. The second kappa shape index (κ2) is 61.8. The summed E-state index contributed by atoms with van der Waals surface area (Å²) in [6.45, 7) is 4.81. The van der Waals surface area contributed by atoms with E-state index in [4.69, 9.17) is 18.9 Å². The number of quaternary nitrogens is 1. The number of carboxylic acids is 1. The molecule has 0 N–H and O–H groups in total. The molecule has 0 saturated heterocycles. The summed E-state index contributed by atoms with van der Waals surface area (Å²) in [4.78, 5) is 37.5. The first kappa shape index (κ1) is 76.8. The van der Waals surface area contributed by atoms with Crippen LogP contribution in [0.1, 0.15) is 348 Å². The minimum atomic E-state index is -1.62. The first-order valence-electron chi connectivity index (χ1n) is 34.5. The number of carbonyl (C=O) groups excluding carboxylic acids is 3. The normalized spacial score (nSPS) is 12.8. The largest absolute Gasteiger partial charge is 0.545 e. The number of unbranched alkanes of at least 4 members (excludes halogenated alkanes) is 46. The molecular weight excluding hydrogens is 983 g/mol. The second-order valence-electron chi connectivity index (χ2n) is 24.8. The van der Waals surface area contributed by atoms with Gasteiger partial charge < -0.3 is 33.3 Å². The predicted molar refractivity (Wildman–Crippen MR) is 334 cm³/mol. The van der Waals surface area contributed by atoms with Gasteiger partial charge >= 0.3 is 11.9 Å². The number of rotatable bonds is 65. The van der Waals surface area contributed by atoms with E-state index in [9.17, 15) is 19.5 Å². The fourth-order valence-corrected chi connectivity index (χ4v) is 10.4. The van der Waals surface area contributed by atoms with Crippen LogP contribution in [0.5, 0.6) is 0 Å². The van der Waals surface area contributed by atoms with Gasteiger partial charge in [-0.2, -0.15) is 0 Å². The molecule has 2 unspecified atom stereocenters. The van der Waals surface area contributed by atoms with Crippen molar-refractivity contribution in [3.05, 3.63) is 24.3 Å². The lowest BCUT2D eigenvalue weighted by atomic mass is 10.0. The molecule has 9 nitrogen and oxygen atoms in total. The van der Waals surface area contributed by atoms with Gasteiger partial charge in [-0.15, -0.1) is 0 Å². The van der Waals surface area contributed by atoms with E-state index in [0.717, 1.165) is 44.9 Å². The topological polar surface area (TPSA) is 111 Å². The highest BCUT2D eigenvalue weighted by Gasteiger charge is 2.22. The molecule has 0 aliphatic carbocycles. The van der Waals surface area contributed by atoms with E-state index in [1.807, 2.05) is 21.1 Å². The predicted octanol–water partition coefficient (Wildman–Crippen LogP) is 19.7. The van der Waals surface area contributed by atoms with Crippen molar-refractivity contribution in [1.82, 2.24) is 0 Å². The summed E-state index contributed by atoms with van der Waals surface area (Å²) in [5.74, 6) is -2.25. The highest BCUT2D eigenvalue weighted by molar-refractivity contribution is 5.70. The molecule has 0 saturated carbocycles. The van der Waals surface area contributed by atoms with Crippen molar-refractivity contribution < 1.29 is 42.9 Å². The molecule has 0 spiro atoms. The fourth-order valence-electron chi connectivity index (χ4n) is 10.4. The maximum absolute atomic E-state index is 12.9. The Morgan fingerprint density at radius 1 is 0.380 bits per heavy atom. The lowest BCUT2D eigenvalue weighted by Gasteiger charge is -2.26. The van der Waals surface area contributed by atoms with Crippen molar-refractivity contribution in [2.75, 3.05) is 47.5 Å². The summed E-state index contributed by atoms with van der Waals surface area (Å²) in [7, 11) is 5.94. The number of esters is 2. The van der Waals surface area contributed by atoms with E-state index in [1.54, 1.807) is 0 Å². The molecule has 0 fully saturated rings. The van der Waals surface area contributed by atoms with Gasteiger partial charge in [0.25, 0.3) is 0 Å². The molecule has 0 aliphatic heterocycles. The lowest BCUT2D eigenvalue weighted by molar-refractivity contribution is -0.870. The highest BCUT2D eigenvalue weighted by atomic mass is 16.7. The molecule has 0 aliphatic rings. The van der Waals surface area contributed by atoms with Crippen LogP contribution in [0.4, 0.5) is 0 Å². The van der Waals surface area contributed by atoms with Gasteiger partial charge in [0.05, 0.1) is 40.3 Å². The zero-order valence-corrected chi connectivity index (χ0v) is 53.3. The molecule has 0 aromatic carbocycles. The van der Waals surface area contributed by atoms with Crippen LogP contribution in [0.25, 0.3) is 0 Å². The molecule has 2 atom stereocenters. The number of carbonyl (C=O) groups is 3. The van der Waals surface area contributed by atoms with Gasteiger partial charge in [-0.1, -0.05) is 314 Å². The van der Waals surface area contributed by atoms with Crippen molar-refractivity contribution in [2.24, 2.45) is 0 Å². The Hall–Kier alpha value is -2.23. The maximum atomic E-state index is 12.9. The van der Waals surface area contributed by atoms with Crippen molar-refractivity contribution >= 4 is 17.9 Å². The number of ether oxygens (including phenoxy) is 4. The standard InChI is InChI=1S/C70H133NO8/c1-6-8-10-12-14-16-18-20-22-24-26-28-30-32-34-36-38-40-42-44-46-48-50-52-54-56-58-60-67(72)77-64-66(65-78-70(69(74)75)76-63-62-71(3,4)5)79-68(73)61-59-57-55-53-51-49-47-45-43-41-39-37-35-33-31-29-27-25-23-21-19-17-15-13-11-9-7-2/h19,21,25,27,66,70H,6-18,20,22-24,26,28-65H2,1-5H3/b21-19-,27-25-. The highest BCUT2D eigenvalue weighted by Crippen LogP contribution is 2.19. The molecule has 0 bridgehead atoms. The van der Waals surface area contributed by atoms with E-state index in [0.29, 0.717) is 17.4 Å². The monoisotopic (exact) mass is 1120 g/mol. The fraction of sp³-hybridized carbons (Fsp3) is 0.900. The third-order valence-corrected chi connectivity index (χ3v) is 15.7. The maximum Gasteiger partial charge on any atom is 0.306 e. The Morgan fingerprint density at radius 3 is 1.00 bits per heavy atom. The first-order chi connectivity index (χ1) is 38.6. The number of carboxylic acid groups (broad SMARTS) is 1. The van der Waals surface area contributed by atoms with Crippen molar-refractivity contribution in [3.63, 3.8) is 0 Å². The van der Waals surface area contributed by atoms with Crippen LogP contribution in [0.3, 0.4) is 0 Å². The summed E-state index contributed by atoms with van der Waals surface area (Å²) in [6.07, 6.45) is 72.6. The van der Waals surface area contributed by atoms with Gasteiger partial charge in [0.2, 0.25) is 0 Å². The number of hydrogen-bond donors (Lipinski definition) is 0. The smallest absolute Gasteiger partial charge is 0.306 e. The molecule has 79 heavy (non-hydrogen) atoms. The third-order valence-electron chi connectivity index (χ3n) is 15.7. The van der Waals surface area contributed by atoms with Crippen molar-refractivity contribution in [1.29, 1.82) is 0 Å². The van der Waals surface area contributed by atoms with Crippen LogP contribution in [0, 0.1) is 0 Å². The molecule has 9 heteroatoms. The number of likely N-dealkylation sites (N-methyl/N-ethyl adjacent to an activating group) is 1. The lowest BCUT2D eigenvalue weighted by Crippen LogP contribution is -2.44. The van der Waals surface area contributed by atoms with E-state index >= 15 is 0 Å². The Labute approximate surface area is 490 Å². The Kier molecular flexibility index (Phi) is 60.1. The summed E-state index contributed by atoms with van der Waals surface area (Å²) in [6, 6.07) is 0. The number of hydrogen-bond acceptors (Lipinski definition) is 8. The number of aliphatic carboxylic acids is 1. The van der Waals surface area contributed by atoms with Crippen molar-refractivity contribution in [3.8, 4) is 0 Å². The van der Waals surface area contributed by atoms with Gasteiger partial charge in [-0.25, -0.2) is 0 Å². The summed E-state index contributed by atoms with van der Waals surface area (Å²) < 4.78 is 22.8. The van der Waals surface area contributed by atoms with Crippen LogP contribution < -0.4 is 5.11 Å². The molecular formula is C70H133NO8. The molecule has 0 aromatic rings. The van der Waals surface area contributed by atoms with E-state index < -0.39 is 24.3 Å². The van der Waals surface area contributed by atoms with Crippen LogP contribution in [-0.4, -0.2) is 82.3 Å². The molecule has 0 amide bonds. The molecule has 0 aromatic heterocycles. The summed E-state index contributed by atoms with van der Waals surface area (Å²) >= 11 is 0. The van der Waals surface area contributed by atoms with Crippen LogP contribution in [-0.2, 0) is 33.3 Å². The minimum absolute atomic E-state index is 0.151. The number of nitrogens with zero attached hydrogens (tertiary/aromatic N) is 1. The van der Waals surface area contributed by atoms with Gasteiger partial charge in [-0.3, -0.25) is 9.59 Å². The van der Waals surface area contributed by atoms with Gasteiger partial charge in [-0.05, 0) is 44.9 Å². The van der Waals surface area contributed by atoms with Gasteiger partial charge in [0.15, 0.2) is 12.4 Å². The molecule has 0 radical (unpaired) electrons. The third kappa shape index (κ3) is 63.2. The Balaban J connectivity index is 4.08. The van der Waals surface area contributed by atoms with E-state index in [1.165, 1.54) is 276 Å². The van der Waals surface area contributed by atoms with E-state index in [2.05, 4.69) is 38.2 Å².